The molecule has 0 aliphatic carbocycles. The van der Waals surface area contributed by atoms with Crippen LogP contribution < -0.4 is 5.32 Å². The Kier molecular flexibility index (Phi) is 7.78. The number of amides is 1. The highest BCUT2D eigenvalue weighted by Gasteiger charge is 2.31. The van der Waals surface area contributed by atoms with Gasteiger partial charge in [-0.3, -0.25) is 14.7 Å². The van der Waals surface area contributed by atoms with Crippen LogP contribution in [0.5, 0.6) is 0 Å². The van der Waals surface area contributed by atoms with Crippen molar-refractivity contribution in [3.63, 3.8) is 0 Å². The van der Waals surface area contributed by atoms with E-state index in [1.165, 1.54) is 0 Å². The van der Waals surface area contributed by atoms with Crippen molar-refractivity contribution in [1.29, 1.82) is 0 Å². The predicted molar refractivity (Wildman–Crippen MR) is 87.9 cm³/mol. The minimum atomic E-state index is -4.39. The standard InChI is InChI=1S/C15H28F3N5O/c1-12(2)10-22-5-7-23(8-6-22)14(19-3)20-9-13(24)21(4)11-15(16,17)18/h12H,5-11H2,1-4H3,(H,19,20). The second-order valence-electron chi connectivity index (χ2n) is 6.45. The number of nitrogens with zero attached hydrogens (tertiary/aromatic N) is 4. The number of carbonyl (C=O) groups excluding carboxylic acids is 1. The van der Waals surface area contributed by atoms with E-state index in [2.05, 4.69) is 29.1 Å². The summed E-state index contributed by atoms with van der Waals surface area (Å²) in [4.78, 5) is 21.0. The monoisotopic (exact) mass is 351 g/mol. The molecule has 1 rings (SSSR count). The van der Waals surface area contributed by atoms with Gasteiger partial charge in [-0.15, -0.1) is 0 Å². The molecule has 0 aromatic rings. The van der Waals surface area contributed by atoms with Crippen LogP contribution in [0.4, 0.5) is 13.2 Å². The predicted octanol–water partition coefficient (Wildman–Crippen LogP) is 0.856. The van der Waals surface area contributed by atoms with Gasteiger partial charge in [0.05, 0.1) is 6.54 Å². The minimum Gasteiger partial charge on any atom is -0.347 e. The minimum absolute atomic E-state index is 0.203. The number of alkyl halides is 3. The first-order valence-corrected chi connectivity index (χ1v) is 8.11. The first-order valence-electron chi connectivity index (χ1n) is 8.11. The molecule has 0 aromatic carbocycles. The van der Waals surface area contributed by atoms with E-state index in [1.807, 2.05) is 4.90 Å². The maximum absolute atomic E-state index is 12.3. The summed E-state index contributed by atoms with van der Waals surface area (Å²) in [7, 11) is 2.75. The zero-order valence-corrected chi connectivity index (χ0v) is 14.9. The molecular weight excluding hydrogens is 323 g/mol. The number of aliphatic imine (C=N–C) groups is 1. The Morgan fingerprint density at radius 3 is 2.29 bits per heavy atom. The molecule has 1 aliphatic rings. The number of piperazine rings is 1. The lowest BCUT2D eigenvalue weighted by atomic mass is 10.2. The van der Waals surface area contributed by atoms with Crippen molar-refractivity contribution in [3.8, 4) is 0 Å². The van der Waals surface area contributed by atoms with E-state index in [-0.39, 0.29) is 6.54 Å². The molecule has 0 unspecified atom stereocenters. The first kappa shape index (κ1) is 20.5. The normalized spacial score (nSPS) is 17.3. The van der Waals surface area contributed by atoms with Crippen LogP contribution in [0.2, 0.25) is 0 Å². The number of carbonyl (C=O) groups is 1. The highest BCUT2D eigenvalue weighted by molar-refractivity contribution is 5.86. The molecule has 0 bridgehead atoms. The molecule has 0 spiro atoms. The summed E-state index contributed by atoms with van der Waals surface area (Å²) in [5.41, 5.74) is 0. The third kappa shape index (κ3) is 7.37. The summed E-state index contributed by atoms with van der Waals surface area (Å²) in [6.45, 7) is 7.30. The molecule has 1 heterocycles. The zero-order chi connectivity index (χ0) is 18.3. The maximum atomic E-state index is 12.3. The molecule has 1 amide bonds. The van der Waals surface area contributed by atoms with Gasteiger partial charge in [0.25, 0.3) is 0 Å². The van der Waals surface area contributed by atoms with Gasteiger partial charge in [0, 0.05) is 46.8 Å². The van der Waals surface area contributed by atoms with Crippen LogP contribution >= 0.6 is 0 Å². The Morgan fingerprint density at radius 1 is 1.25 bits per heavy atom. The van der Waals surface area contributed by atoms with E-state index in [9.17, 15) is 18.0 Å². The Balaban J connectivity index is 2.42. The molecule has 0 saturated carbocycles. The summed E-state index contributed by atoms with van der Waals surface area (Å²) < 4.78 is 36.9. The second-order valence-corrected chi connectivity index (χ2v) is 6.45. The Morgan fingerprint density at radius 2 is 1.83 bits per heavy atom. The molecule has 0 atom stereocenters. The lowest BCUT2D eigenvalue weighted by molar-refractivity contribution is -0.157. The molecule has 1 aliphatic heterocycles. The zero-order valence-electron chi connectivity index (χ0n) is 14.9. The first-order chi connectivity index (χ1) is 11.1. The van der Waals surface area contributed by atoms with E-state index in [0.717, 1.165) is 39.8 Å². The molecule has 6 nitrogen and oxygen atoms in total. The number of hydrogen-bond acceptors (Lipinski definition) is 3. The van der Waals surface area contributed by atoms with Gasteiger partial charge in [-0.05, 0) is 5.92 Å². The number of halogens is 3. The van der Waals surface area contributed by atoms with Crippen molar-refractivity contribution in [2.45, 2.75) is 20.0 Å². The van der Waals surface area contributed by atoms with Gasteiger partial charge in [-0.2, -0.15) is 13.2 Å². The lowest BCUT2D eigenvalue weighted by Crippen LogP contribution is -2.54. The number of likely N-dealkylation sites (N-methyl/N-ethyl adjacent to an activating group) is 1. The van der Waals surface area contributed by atoms with Crippen molar-refractivity contribution in [2.24, 2.45) is 10.9 Å². The van der Waals surface area contributed by atoms with E-state index < -0.39 is 18.6 Å². The fraction of sp³-hybridized carbons (Fsp3) is 0.867. The van der Waals surface area contributed by atoms with Crippen LogP contribution in [-0.2, 0) is 4.79 Å². The van der Waals surface area contributed by atoms with E-state index in [1.54, 1.807) is 7.05 Å². The topological polar surface area (TPSA) is 51.2 Å². The van der Waals surface area contributed by atoms with Crippen LogP contribution in [0.25, 0.3) is 0 Å². The molecular formula is C15H28F3N5O. The lowest BCUT2D eigenvalue weighted by Gasteiger charge is -2.37. The van der Waals surface area contributed by atoms with Crippen LogP contribution in [0.3, 0.4) is 0 Å². The number of rotatable bonds is 5. The van der Waals surface area contributed by atoms with Crippen molar-refractivity contribution < 1.29 is 18.0 Å². The molecule has 0 aromatic heterocycles. The summed E-state index contributed by atoms with van der Waals surface area (Å²) in [6.07, 6.45) is -4.39. The maximum Gasteiger partial charge on any atom is 0.406 e. The number of hydrogen-bond donors (Lipinski definition) is 1. The number of nitrogens with one attached hydrogen (secondary N) is 1. The van der Waals surface area contributed by atoms with Gasteiger partial charge < -0.3 is 15.1 Å². The smallest absolute Gasteiger partial charge is 0.347 e. The Labute approximate surface area is 141 Å². The van der Waals surface area contributed by atoms with Gasteiger partial charge in [0.1, 0.15) is 6.54 Å². The third-order valence-electron chi connectivity index (χ3n) is 3.75. The van der Waals surface area contributed by atoms with Crippen LogP contribution in [-0.4, -0.2) is 92.7 Å². The van der Waals surface area contributed by atoms with Crippen LogP contribution in [0.15, 0.2) is 4.99 Å². The molecule has 1 saturated heterocycles. The van der Waals surface area contributed by atoms with Gasteiger partial charge in [0.15, 0.2) is 5.96 Å². The molecule has 1 fully saturated rings. The average Bonchev–Trinajstić information content (AvgIpc) is 2.46. The molecule has 140 valence electrons. The van der Waals surface area contributed by atoms with Gasteiger partial charge in [-0.25, -0.2) is 0 Å². The second kappa shape index (κ2) is 9.10. The molecule has 1 N–H and O–H groups in total. The van der Waals surface area contributed by atoms with E-state index in [0.29, 0.717) is 16.8 Å². The van der Waals surface area contributed by atoms with Crippen molar-refractivity contribution >= 4 is 11.9 Å². The van der Waals surface area contributed by atoms with Crippen molar-refractivity contribution in [2.75, 3.05) is 59.9 Å². The molecule has 9 heteroatoms. The van der Waals surface area contributed by atoms with Gasteiger partial charge in [-0.1, -0.05) is 13.8 Å². The summed E-state index contributed by atoms with van der Waals surface area (Å²) in [5, 5.41) is 2.86. The van der Waals surface area contributed by atoms with Crippen LogP contribution in [0.1, 0.15) is 13.8 Å². The summed E-state index contributed by atoms with van der Waals surface area (Å²) in [5.74, 6) is 0.538. The highest BCUT2D eigenvalue weighted by atomic mass is 19.4. The fourth-order valence-electron chi connectivity index (χ4n) is 2.64. The third-order valence-corrected chi connectivity index (χ3v) is 3.75. The van der Waals surface area contributed by atoms with Crippen LogP contribution in [0, 0.1) is 5.92 Å². The van der Waals surface area contributed by atoms with E-state index in [4.69, 9.17) is 0 Å². The average molecular weight is 351 g/mol. The largest absolute Gasteiger partial charge is 0.406 e. The fourth-order valence-corrected chi connectivity index (χ4v) is 2.64. The SMILES string of the molecule is CN=C(NCC(=O)N(C)CC(F)(F)F)N1CCN(CC(C)C)CC1. The highest BCUT2D eigenvalue weighted by Crippen LogP contribution is 2.15. The van der Waals surface area contributed by atoms with E-state index >= 15 is 0 Å². The summed E-state index contributed by atoms with van der Waals surface area (Å²) >= 11 is 0. The Bertz CT molecular complexity index is 431. The number of guanidine groups is 1. The van der Waals surface area contributed by atoms with Crippen molar-refractivity contribution in [1.82, 2.24) is 20.0 Å². The molecule has 0 radical (unpaired) electrons. The van der Waals surface area contributed by atoms with Crippen molar-refractivity contribution in [3.05, 3.63) is 0 Å². The molecule has 24 heavy (non-hydrogen) atoms. The van der Waals surface area contributed by atoms with Gasteiger partial charge in [0.2, 0.25) is 5.91 Å². The quantitative estimate of drug-likeness (QED) is 0.590. The Hall–Kier alpha value is -1.51. The van der Waals surface area contributed by atoms with Gasteiger partial charge >= 0.3 is 6.18 Å². The summed E-state index contributed by atoms with van der Waals surface area (Å²) in [6, 6.07) is 0.